The molecule has 0 aliphatic carbocycles. The lowest BCUT2D eigenvalue weighted by Crippen LogP contribution is -2.30. The van der Waals surface area contributed by atoms with Gasteiger partial charge in [-0.25, -0.2) is 9.59 Å². The van der Waals surface area contributed by atoms with E-state index in [1.54, 1.807) is 6.07 Å². The number of carbonyl (C=O) groups is 4. The maximum Gasteiger partial charge on any atom is 0.415 e. The minimum Gasteiger partial charge on any atom is -0.423 e. The second kappa shape index (κ2) is 6.25. The number of nitrogens with one attached hydrogen (secondary N) is 1. The summed E-state index contributed by atoms with van der Waals surface area (Å²) < 4.78 is 14.3. The van der Waals surface area contributed by atoms with Crippen molar-refractivity contribution in [2.45, 2.75) is 26.3 Å². The van der Waals surface area contributed by atoms with Crippen molar-refractivity contribution < 1.29 is 33.4 Å². The lowest BCUT2D eigenvalue weighted by atomic mass is 10.1. The lowest BCUT2D eigenvalue weighted by Gasteiger charge is -2.11. The van der Waals surface area contributed by atoms with E-state index in [1.807, 2.05) is 0 Å². The number of amides is 1. The first-order chi connectivity index (χ1) is 10.3. The van der Waals surface area contributed by atoms with Crippen LogP contribution in [-0.2, 0) is 25.5 Å². The van der Waals surface area contributed by atoms with Crippen LogP contribution in [0.1, 0.15) is 19.4 Å². The molecule has 1 saturated heterocycles. The monoisotopic (exact) mass is 307 g/mol. The number of esters is 3. The summed E-state index contributed by atoms with van der Waals surface area (Å²) in [6.45, 7) is 2.42. The number of alkyl carbamates (subject to hydrolysis) is 1. The largest absolute Gasteiger partial charge is 0.423 e. The van der Waals surface area contributed by atoms with Crippen LogP contribution in [0.25, 0.3) is 0 Å². The molecule has 8 heteroatoms. The molecule has 1 unspecified atom stereocenters. The van der Waals surface area contributed by atoms with Crippen LogP contribution in [0.4, 0.5) is 4.79 Å². The Balaban J connectivity index is 2.22. The average molecular weight is 307 g/mol. The SMILES string of the molecule is CC(=O)Oc1ccc(CC2NC(=O)OC2=O)cc1OC(C)=O. The Hall–Kier alpha value is -2.90. The Morgan fingerprint density at radius 3 is 2.32 bits per heavy atom. The lowest BCUT2D eigenvalue weighted by molar-refractivity contribution is -0.135. The summed E-state index contributed by atoms with van der Waals surface area (Å²) in [6, 6.07) is 3.68. The predicted molar refractivity (Wildman–Crippen MR) is 71.2 cm³/mol. The van der Waals surface area contributed by atoms with E-state index in [2.05, 4.69) is 10.1 Å². The Bertz CT molecular complexity index is 653. The summed E-state index contributed by atoms with van der Waals surface area (Å²) in [7, 11) is 0. The summed E-state index contributed by atoms with van der Waals surface area (Å²) in [5.41, 5.74) is 0.594. The molecule has 116 valence electrons. The molecule has 0 bridgehead atoms. The van der Waals surface area contributed by atoms with Crippen LogP contribution in [0.3, 0.4) is 0 Å². The maximum absolute atomic E-state index is 11.4. The number of hydrogen-bond acceptors (Lipinski definition) is 7. The average Bonchev–Trinajstić information content (AvgIpc) is 2.70. The molecule has 1 aromatic rings. The molecule has 1 aromatic carbocycles. The second-order valence-corrected chi connectivity index (χ2v) is 4.58. The minimum atomic E-state index is -0.808. The fraction of sp³-hybridized carbons (Fsp3) is 0.286. The number of benzene rings is 1. The van der Waals surface area contributed by atoms with E-state index in [9.17, 15) is 19.2 Å². The number of carbonyl (C=O) groups excluding carboxylic acids is 4. The molecule has 1 heterocycles. The van der Waals surface area contributed by atoms with Gasteiger partial charge in [0.1, 0.15) is 6.04 Å². The fourth-order valence-corrected chi connectivity index (χ4v) is 1.92. The highest BCUT2D eigenvalue weighted by molar-refractivity contribution is 5.95. The van der Waals surface area contributed by atoms with E-state index >= 15 is 0 Å². The number of cyclic esters (lactones) is 2. The normalized spacial score (nSPS) is 16.7. The van der Waals surface area contributed by atoms with Crippen LogP contribution in [0, 0.1) is 0 Å². The Morgan fingerprint density at radius 2 is 1.77 bits per heavy atom. The zero-order chi connectivity index (χ0) is 16.3. The molecule has 1 aliphatic rings. The second-order valence-electron chi connectivity index (χ2n) is 4.58. The van der Waals surface area contributed by atoms with Crippen molar-refractivity contribution in [3.05, 3.63) is 23.8 Å². The maximum atomic E-state index is 11.4. The van der Waals surface area contributed by atoms with E-state index in [1.165, 1.54) is 26.0 Å². The van der Waals surface area contributed by atoms with Crippen LogP contribution < -0.4 is 14.8 Å². The first-order valence-corrected chi connectivity index (χ1v) is 6.37. The Labute approximate surface area is 125 Å². The van der Waals surface area contributed by atoms with E-state index < -0.39 is 30.0 Å². The van der Waals surface area contributed by atoms with Gasteiger partial charge in [0, 0.05) is 20.3 Å². The summed E-state index contributed by atoms with van der Waals surface area (Å²) in [4.78, 5) is 44.5. The third kappa shape index (κ3) is 3.81. The molecule has 0 radical (unpaired) electrons. The van der Waals surface area contributed by atoms with Gasteiger partial charge in [-0.1, -0.05) is 6.07 Å². The van der Waals surface area contributed by atoms with Crippen LogP contribution in [0.5, 0.6) is 11.5 Å². The van der Waals surface area contributed by atoms with Crippen molar-refractivity contribution in [3.63, 3.8) is 0 Å². The molecule has 1 aliphatic heterocycles. The fourth-order valence-electron chi connectivity index (χ4n) is 1.92. The molecular weight excluding hydrogens is 294 g/mol. The molecule has 8 nitrogen and oxygen atoms in total. The molecular formula is C14H13NO7. The molecule has 0 saturated carbocycles. The van der Waals surface area contributed by atoms with Gasteiger partial charge < -0.3 is 19.5 Å². The number of rotatable bonds is 4. The number of ether oxygens (including phenoxy) is 3. The van der Waals surface area contributed by atoms with Gasteiger partial charge in [-0.3, -0.25) is 9.59 Å². The molecule has 1 atom stereocenters. The smallest absolute Gasteiger partial charge is 0.415 e. The van der Waals surface area contributed by atoms with Gasteiger partial charge >= 0.3 is 24.0 Å². The van der Waals surface area contributed by atoms with E-state index in [-0.39, 0.29) is 17.9 Å². The third-order valence-electron chi connectivity index (χ3n) is 2.73. The Morgan fingerprint density at radius 1 is 1.14 bits per heavy atom. The number of hydrogen-bond donors (Lipinski definition) is 1. The highest BCUT2D eigenvalue weighted by Gasteiger charge is 2.32. The van der Waals surface area contributed by atoms with E-state index in [4.69, 9.17) is 9.47 Å². The van der Waals surface area contributed by atoms with Gasteiger partial charge in [0.2, 0.25) is 0 Å². The van der Waals surface area contributed by atoms with Crippen molar-refractivity contribution in [2.24, 2.45) is 0 Å². The zero-order valence-corrected chi connectivity index (χ0v) is 11.9. The van der Waals surface area contributed by atoms with E-state index in [0.29, 0.717) is 5.56 Å². The highest BCUT2D eigenvalue weighted by atomic mass is 16.6. The van der Waals surface area contributed by atoms with Crippen LogP contribution in [-0.4, -0.2) is 30.0 Å². The van der Waals surface area contributed by atoms with Crippen molar-refractivity contribution in [1.29, 1.82) is 0 Å². The topological polar surface area (TPSA) is 108 Å². The van der Waals surface area contributed by atoms with Crippen molar-refractivity contribution >= 4 is 24.0 Å². The molecule has 22 heavy (non-hydrogen) atoms. The summed E-state index contributed by atoms with van der Waals surface area (Å²) in [5, 5.41) is 2.36. The van der Waals surface area contributed by atoms with Gasteiger partial charge in [0.05, 0.1) is 0 Å². The van der Waals surface area contributed by atoms with Crippen molar-refractivity contribution in [3.8, 4) is 11.5 Å². The van der Waals surface area contributed by atoms with Crippen molar-refractivity contribution in [2.75, 3.05) is 0 Å². The quantitative estimate of drug-likeness (QED) is 0.496. The van der Waals surface area contributed by atoms with E-state index in [0.717, 1.165) is 0 Å². The van der Waals surface area contributed by atoms with Gasteiger partial charge in [0.15, 0.2) is 11.5 Å². The zero-order valence-electron chi connectivity index (χ0n) is 11.9. The third-order valence-corrected chi connectivity index (χ3v) is 2.73. The molecule has 1 amide bonds. The van der Waals surface area contributed by atoms with Crippen LogP contribution in [0.2, 0.25) is 0 Å². The Kier molecular flexibility index (Phi) is 4.40. The summed E-state index contributed by atoms with van der Waals surface area (Å²) in [6.07, 6.45) is -0.647. The van der Waals surface area contributed by atoms with Gasteiger partial charge in [-0.15, -0.1) is 0 Å². The minimum absolute atomic E-state index is 0.0536. The van der Waals surface area contributed by atoms with Gasteiger partial charge in [0.25, 0.3) is 0 Å². The molecule has 1 N–H and O–H groups in total. The van der Waals surface area contributed by atoms with Crippen LogP contribution in [0.15, 0.2) is 18.2 Å². The standard InChI is InChI=1S/C14H13NO7/c1-7(16)20-11-4-3-9(6-12(11)21-8(2)17)5-10-13(18)22-14(19)15-10/h3-4,6,10H,5H2,1-2H3,(H,15,19). The molecule has 2 rings (SSSR count). The molecule has 0 aromatic heterocycles. The summed E-state index contributed by atoms with van der Waals surface area (Å²) >= 11 is 0. The van der Waals surface area contributed by atoms with Crippen molar-refractivity contribution in [1.82, 2.24) is 5.32 Å². The summed E-state index contributed by atoms with van der Waals surface area (Å²) in [5.74, 6) is -1.68. The predicted octanol–water partition coefficient (Wildman–Crippen LogP) is 0.715. The van der Waals surface area contributed by atoms with Crippen LogP contribution >= 0.6 is 0 Å². The van der Waals surface area contributed by atoms with Gasteiger partial charge in [-0.05, 0) is 17.7 Å². The first-order valence-electron chi connectivity index (χ1n) is 6.37. The van der Waals surface area contributed by atoms with Gasteiger partial charge in [-0.2, -0.15) is 0 Å². The highest BCUT2D eigenvalue weighted by Crippen LogP contribution is 2.29. The molecule has 0 spiro atoms. The molecule has 1 fully saturated rings. The first kappa shape index (κ1) is 15.5.